The molecule has 2 aromatic rings. The predicted octanol–water partition coefficient (Wildman–Crippen LogP) is 1.98. The maximum absolute atomic E-state index is 4.27. The zero-order valence-electron chi connectivity index (χ0n) is 8.19. The molecule has 0 amide bonds. The van der Waals surface area contributed by atoms with Gasteiger partial charge in [-0.2, -0.15) is 0 Å². The van der Waals surface area contributed by atoms with Crippen molar-refractivity contribution in [2.24, 2.45) is 7.05 Å². The molecule has 0 aromatic carbocycles. The molecule has 74 valence electrons. The van der Waals surface area contributed by atoms with E-state index in [9.17, 15) is 0 Å². The monoisotopic (exact) mass is 208 g/mol. The first-order valence-electron chi connectivity index (χ1n) is 4.48. The quantitative estimate of drug-likeness (QED) is 0.838. The summed E-state index contributed by atoms with van der Waals surface area (Å²) in [7, 11) is 1.98. The van der Waals surface area contributed by atoms with Crippen LogP contribution >= 0.6 is 11.3 Å². The van der Waals surface area contributed by atoms with Gasteiger partial charge < -0.3 is 9.88 Å². The smallest absolute Gasteiger partial charge is 0.183 e. The van der Waals surface area contributed by atoms with Gasteiger partial charge in [-0.3, -0.25) is 0 Å². The Balaban J connectivity index is 2.29. The average molecular weight is 208 g/mol. The van der Waals surface area contributed by atoms with Gasteiger partial charge in [-0.05, 0) is 6.92 Å². The zero-order valence-corrected chi connectivity index (χ0v) is 9.01. The summed E-state index contributed by atoms with van der Waals surface area (Å²) in [5.74, 6) is 0.964. The Hall–Kier alpha value is -1.36. The van der Waals surface area contributed by atoms with Gasteiger partial charge in [0.25, 0.3) is 0 Å². The molecule has 2 aromatic heterocycles. The molecule has 0 unspecified atom stereocenters. The summed E-state index contributed by atoms with van der Waals surface area (Å²) in [5.41, 5.74) is 0. The molecular formula is C9H12N4S. The summed E-state index contributed by atoms with van der Waals surface area (Å²) in [4.78, 5) is 9.61. The van der Waals surface area contributed by atoms with Crippen LogP contribution < -0.4 is 5.32 Å². The summed E-state index contributed by atoms with van der Waals surface area (Å²) >= 11 is 1.62. The van der Waals surface area contributed by atoms with E-state index in [4.69, 9.17) is 0 Å². The molecule has 0 aliphatic heterocycles. The molecule has 0 radical (unpaired) electrons. The minimum absolute atomic E-state index is 0.896. The summed E-state index contributed by atoms with van der Waals surface area (Å²) < 4.78 is 1.99. The maximum Gasteiger partial charge on any atom is 0.183 e. The van der Waals surface area contributed by atoms with Crippen LogP contribution in [0.25, 0.3) is 10.7 Å². The molecule has 0 aliphatic rings. The minimum atomic E-state index is 0.896. The number of aromatic nitrogens is 3. The number of hydrogen-bond acceptors (Lipinski definition) is 4. The topological polar surface area (TPSA) is 42.7 Å². The highest BCUT2D eigenvalue weighted by Crippen LogP contribution is 2.26. The molecule has 2 rings (SSSR count). The molecule has 0 saturated carbocycles. The van der Waals surface area contributed by atoms with Gasteiger partial charge in [0, 0.05) is 26.0 Å². The van der Waals surface area contributed by atoms with Gasteiger partial charge in [0.05, 0.1) is 11.1 Å². The van der Waals surface area contributed by atoms with E-state index in [2.05, 4.69) is 22.2 Å². The third-order valence-corrected chi connectivity index (χ3v) is 2.83. The fraction of sp³-hybridized carbons (Fsp3) is 0.333. The molecular weight excluding hydrogens is 196 g/mol. The number of rotatable bonds is 3. The summed E-state index contributed by atoms with van der Waals surface area (Å²) in [6, 6.07) is 0. The van der Waals surface area contributed by atoms with E-state index in [0.717, 1.165) is 22.4 Å². The van der Waals surface area contributed by atoms with Gasteiger partial charge in [0.1, 0.15) is 0 Å². The number of hydrogen-bond donors (Lipinski definition) is 1. The molecule has 2 heterocycles. The lowest BCUT2D eigenvalue weighted by Crippen LogP contribution is -1.94. The minimum Gasteiger partial charge on any atom is -0.362 e. The third-order valence-electron chi connectivity index (χ3n) is 1.88. The summed E-state index contributed by atoms with van der Waals surface area (Å²) in [5, 5.41) is 4.13. The normalized spacial score (nSPS) is 10.4. The lowest BCUT2D eigenvalue weighted by atomic mass is 10.5. The largest absolute Gasteiger partial charge is 0.362 e. The number of nitrogens with one attached hydrogen (secondary N) is 1. The van der Waals surface area contributed by atoms with Crippen LogP contribution in [0.2, 0.25) is 0 Å². The number of nitrogens with zero attached hydrogens (tertiary/aromatic N) is 3. The maximum atomic E-state index is 4.27. The Kier molecular flexibility index (Phi) is 2.49. The van der Waals surface area contributed by atoms with E-state index >= 15 is 0 Å². The van der Waals surface area contributed by atoms with Crippen molar-refractivity contribution in [3.63, 3.8) is 0 Å². The van der Waals surface area contributed by atoms with Crippen molar-refractivity contribution in [2.45, 2.75) is 6.92 Å². The molecule has 0 atom stereocenters. The Morgan fingerprint density at radius 1 is 1.50 bits per heavy atom. The van der Waals surface area contributed by atoms with Crippen LogP contribution in [0.5, 0.6) is 0 Å². The van der Waals surface area contributed by atoms with E-state index < -0.39 is 0 Å². The van der Waals surface area contributed by atoms with E-state index in [1.807, 2.05) is 24.0 Å². The van der Waals surface area contributed by atoms with Crippen molar-refractivity contribution in [3.05, 3.63) is 18.6 Å². The van der Waals surface area contributed by atoms with E-state index in [0.29, 0.717) is 0 Å². The second-order valence-electron chi connectivity index (χ2n) is 2.92. The molecule has 0 saturated heterocycles. The van der Waals surface area contributed by atoms with Crippen LogP contribution in [0.15, 0.2) is 18.6 Å². The van der Waals surface area contributed by atoms with Crippen LogP contribution in [-0.4, -0.2) is 21.1 Å². The molecule has 0 bridgehead atoms. The first-order chi connectivity index (χ1) is 6.81. The predicted molar refractivity (Wildman–Crippen MR) is 58.5 cm³/mol. The molecule has 1 N–H and O–H groups in total. The van der Waals surface area contributed by atoms with Gasteiger partial charge in [0.2, 0.25) is 0 Å². The van der Waals surface area contributed by atoms with Crippen molar-refractivity contribution < 1.29 is 0 Å². The van der Waals surface area contributed by atoms with Crippen LogP contribution in [0, 0.1) is 0 Å². The molecule has 14 heavy (non-hydrogen) atoms. The number of thiazole rings is 1. The Labute approximate surface area is 86.6 Å². The number of aryl methyl sites for hydroxylation is 1. The van der Waals surface area contributed by atoms with Crippen LogP contribution in [0.3, 0.4) is 0 Å². The van der Waals surface area contributed by atoms with Crippen molar-refractivity contribution >= 4 is 16.5 Å². The fourth-order valence-corrected chi connectivity index (χ4v) is 2.14. The lowest BCUT2D eigenvalue weighted by Gasteiger charge is -1.96. The summed E-state index contributed by atoms with van der Waals surface area (Å²) in [6.07, 6.45) is 5.58. The number of anilines is 1. The fourth-order valence-electron chi connectivity index (χ4n) is 1.21. The van der Waals surface area contributed by atoms with Gasteiger partial charge in [-0.15, -0.1) is 0 Å². The Morgan fingerprint density at radius 2 is 2.36 bits per heavy atom. The second kappa shape index (κ2) is 3.79. The zero-order chi connectivity index (χ0) is 9.97. The SMILES string of the molecule is CCNc1ncc(-c2nccn2C)s1. The number of imidazole rings is 1. The van der Waals surface area contributed by atoms with Gasteiger partial charge in [0.15, 0.2) is 11.0 Å². The van der Waals surface area contributed by atoms with E-state index in [1.54, 1.807) is 17.5 Å². The highest BCUT2D eigenvalue weighted by molar-refractivity contribution is 7.18. The third kappa shape index (κ3) is 1.63. The first-order valence-corrected chi connectivity index (χ1v) is 5.30. The first kappa shape index (κ1) is 9.21. The van der Waals surface area contributed by atoms with Crippen molar-refractivity contribution in [2.75, 3.05) is 11.9 Å². The van der Waals surface area contributed by atoms with Crippen LogP contribution in [-0.2, 0) is 7.05 Å². The Bertz CT molecular complexity index is 418. The molecule has 4 nitrogen and oxygen atoms in total. The molecule has 0 fully saturated rings. The van der Waals surface area contributed by atoms with E-state index in [1.165, 1.54) is 0 Å². The van der Waals surface area contributed by atoms with E-state index in [-0.39, 0.29) is 0 Å². The molecule has 5 heteroatoms. The van der Waals surface area contributed by atoms with Crippen LogP contribution in [0.1, 0.15) is 6.92 Å². The van der Waals surface area contributed by atoms with Crippen molar-refractivity contribution in [3.8, 4) is 10.7 Å². The standard InChI is InChI=1S/C9H12N4S/c1-3-10-9-12-6-7(14-9)8-11-4-5-13(8)2/h4-6H,3H2,1-2H3,(H,10,12). The van der Waals surface area contributed by atoms with Gasteiger partial charge in [-0.25, -0.2) is 9.97 Å². The summed E-state index contributed by atoms with van der Waals surface area (Å²) in [6.45, 7) is 2.95. The van der Waals surface area contributed by atoms with Gasteiger partial charge >= 0.3 is 0 Å². The Morgan fingerprint density at radius 3 is 3.00 bits per heavy atom. The lowest BCUT2D eigenvalue weighted by molar-refractivity contribution is 0.927. The molecule has 0 spiro atoms. The van der Waals surface area contributed by atoms with Crippen molar-refractivity contribution in [1.82, 2.24) is 14.5 Å². The highest BCUT2D eigenvalue weighted by atomic mass is 32.1. The van der Waals surface area contributed by atoms with Crippen LogP contribution in [0.4, 0.5) is 5.13 Å². The van der Waals surface area contributed by atoms with Gasteiger partial charge in [-0.1, -0.05) is 11.3 Å². The molecule has 0 aliphatic carbocycles. The average Bonchev–Trinajstić information content (AvgIpc) is 2.74. The highest BCUT2D eigenvalue weighted by Gasteiger charge is 2.07. The van der Waals surface area contributed by atoms with Crippen molar-refractivity contribution in [1.29, 1.82) is 0 Å². The second-order valence-corrected chi connectivity index (χ2v) is 3.95.